The van der Waals surface area contributed by atoms with Gasteiger partial charge in [0.1, 0.15) is 0 Å². The first-order valence-corrected chi connectivity index (χ1v) is 12.4. The first kappa shape index (κ1) is 25.4. The molecule has 8 heteroatoms. The van der Waals surface area contributed by atoms with Gasteiger partial charge in [0.2, 0.25) is 18.3 Å². The summed E-state index contributed by atoms with van der Waals surface area (Å²) in [4.78, 5) is 25.1. The summed E-state index contributed by atoms with van der Waals surface area (Å²) in [6.07, 6.45) is 8.25. The number of rotatable bonds is 12. The molecule has 0 spiro atoms. The summed E-state index contributed by atoms with van der Waals surface area (Å²) in [6.45, 7) is 4.13. The molecule has 3 rings (SSSR count). The average molecular weight is 497 g/mol. The zero-order valence-electron chi connectivity index (χ0n) is 19.1. The number of hydrogen-bond donors (Lipinski definition) is 0. The summed E-state index contributed by atoms with van der Waals surface area (Å²) in [5, 5.41) is 1.48. The molecule has 0 aliphatic carbocycles. The van der Waals surface area contributed by atoms with Gasteiger partial charge in [-0.15, -0.1) is 0 Å². The monoisotopic (exact) mass is 496 g/mol. The van der Waals surface area contributed by atoms with Gasteiger partial charge in [-0.1, -0.05) is 75.6 Å². The van der Waals surface area contributed by atoms with Crippen molar-refractivity contribution in [3.8, 4) is 23.0 Å². The van der Waals surface area contributed by atoms with Gasteiger partial charge in [-0.05, 0) is 25.0 Å². The Morgan fingerprint density at radius 2 is 1.18 bits per heavy atom. The van der Waals surface area contributed by atoms with Crippen LogP contribution in [0.2, 0.25) is 10.0 Å². The number of unbranched alkanes of at least 4 members (excludes halogenated alkanes) is 6. The zero-order chi connectivity index (χ0) is 23.8. The molecule has 0 amide bonds. The molecule has 0 saturated heterocycles. The van der Waals surface area contributed by atoms with E-state index in [-0.39, 0.29) is 64.6 Å². The Balaban J connectivity index is 1.93. The summed E-state index contributed by atoms with van der Waals surface area (Å²) >= 11 is 12.5. The van der Waals surface area contributed by atoms with Gasteiger partial charge in [0.15, 0.2) is 11.5 Å². The fourth-order valence-corrected chi connectivity index (χ4v) is 4.03. The summed E-state index contributed by atoms with van der Waals surface area (Å²) in [6, 6.07) is 3.17. The van der Waals surface area contributed by atoms with Crippen molar-refractivity contribution in [3.63, 3.8) is 0 Å². The van der Waals surface area contributed by atoms with Crippen LogP contribution in [0, 0.1) is 0 Å². The van der Waals surface area contributed by atoms with E-state index in [2.05, 4.69) is 13.8 Å². The molecule has 0 radical (unpaired) electrons. The molecule has 2 aromatic rings. The van der Waals surface area contributed by atoms with Crippen LogP contribution < -0.4 is 18.9 Å². The lowest BCUT2D eigenvalue weighted by atomic mass is 10.1. The van der Waals surface area contributed by atoms with Gasteiger partial charge in [-0.3, -0.25) is 9.59 Å². The first-order valence-electron chi connectivity index (χ1n) is 11.6. The molecule has 1 aliphatic rings. The van der Waals surface area contributed by atoms with Crippen LogP contribution in [0.4, 0.5) is 0 Å². The number of ether oxygens (including phenoxy) is 4. The Morgan fingerprint density at radius 3 is 1.58 bits per heavy atom. The van der Waals surface area contributed by atoms with E-state index in [0.29, 0.717) is 10.8 Å². The van der Waals surface area contributed by atoms with Crippen LogP contribution in [0.1, 0.15) is 78.1 Å². The van der Waals surface area contributed by atoms with Gasteiger partial charge in [0, 0.05) is 23.6 Å². The Hall–Kier alpha value is -2.18. The predicted octanol–water partition coefficient (Wildman–Crippen LogP) is 7.63. The van der Waals surface area contributed by atoms with Gasteiger partial charge >= 0.3 is 11.9 Å². The van der Waals surface area contributed by atoms with E-state index in [1.165, 1.54) is 0 Å². The van der Waals surface area contributed by atoms with Crippen LogP contribution in [-0.2, 0) is 9.59 Å². The molecule has 2 aromatic carbocycles. The van der Waals surface area contributed by atoms with Crippen molar-refractivity contribution < 1.29 is 28.5 Å². The number of benzene rings is 2. The highest BCUT2D eigenvalue weighted by molar-refractivity contribution is 6.43. The summed E-state index contributed by atoms with van der Waals surface area (Å²) in [7, 11) is 0. The fraction of sp³-hybridized carbons (Fsp3) is 0.520. The van der Waals surface area contributed by atoms with E-state index in [9.17, 15) is 9.59 Å². The van der Waals surface area contributed by atoms with Crippen LogP contribution in [0.25, 0.3) is 10.8 Å². The first-order chi connectivity index (χ1) is 16.0. The van der Waals surface area contributed by atoms with Crippen molar-refractivity contribution in [2.75, 3.05) is 6.79 Å². The van der Waals surface area contributed by atoms with Crippen LogP contribution in [-0.4, -0.2) is 18.7 Å². The number of hydrogen-bond acceptors (Lipinski definition) is 6. The molecule has 180 valence electrons. The third-order valence-electron chi connectivity index (χ3n) is 5.48. The van der Waals surface area contributed by atoms with Gasteiger partial charge in [-0.2, -0.15) is 0 Å². The number of halogens is 2. The lowest BCUT2D eigenvalue weighted by Gasteiger charge is -2.16. The molecule has 0 fully saturated rings. The fourth-order valence-electron chi connectivity index (χ4n) is 3.71. The summed E-state index contributed by atoms with van der Waals surface area (Å²) in [5.74, 6) is 0.0699. The highest BCUT2D eigenvalue weighted by Gasteiger charge is 2.31. The molecular formula is C25H30Cl2O6. The molecule has 1 heterocycles. The second-order valence-electron chi connectivity index (χ2n) is 8.10. The maximum absolute atomic E-state index is 12.5. The summed E-state index contributed by atoms with van der Waals surface area (Å²) in [5.41, 5.74) is 0. The third-order valence-corrected chi connectivity index (χ3v) is 6.20. The van der Waals surface area contributed by atoms with E-state index in [4.69, 9.17) is 42.1 Å². The lowest BCUT2D eigenvalue weighted by Crippen LogP contribution is -2.10. The maximum Gasteiger partial charge on any atom is 0.311 e. The van der Waals surface area contributed by atoms with Crippen molar-refractivity contribution in [2.24, 2.45) is 0 Å². The van der Waals surface area contributed by atoms with Crippen LogP contribution in [0.3, 0.4) is 0 Å². The van der Waals surface area contributed by atoms with Gasteiger partial charge in [-0.25, -0.2) is 0 Å². The number of fused-ring (bicyclic) bond motifs is 2. The van der Waals surface area contributed by atoms with E-state index in [1.807, 2.05) is 0 Å². The molecule has 0 N–H and O–H groups in total. The normalized spacial score (nSPS) is 12.2. The van der Waals surface area contributed by atoms with Crippen LogP contribution in [0.15, 0.2) is 12.1 Å². The van der Waals surface area contributed by atoms with Crippen LogP contribution in [0.5, 0.6) is 23.0 Å². The average Bonchev–Trinajstić information content (AvgIpc) is 3.28. The molecule has 0 saturated carbocycles. The Morgan fingerprint density at radius 1 is 0.758 bits per heavy atom. The van der Waals surface area contributed by atoms with E-state index in [1.54, 1.807) is 12.1 Å². The molecule has 0 aromatic heterocycles. The topological polar surface area (TPSA) is 71.1 Å². The maximum atomic E-state index is 12.5. The van der Waals surface area contributed by atoms with Gasteiger partial charge in [0.05, 0.1) is 10.0 Å². The zero-order valence-corrected chi connectivity index (χ0v) is 20.7. The smallest absolute Gasteiger partial charge is 0.311 e. The SMILES string of the molecule is CCCCCCC(=O)Oc1c2c(c(OC(=O)CCCCCC)c3cc(Cl)c(Cl)cc13)OCO2. The Labute approximate surface area is 204 Å². The second-order valence-corrected chi connectivity index (χ2v) is 8.92. The van der Waals surface area contributed by atoms with Crippen molar-refractivity contribution in [3.05, 3.63) is 22.2 Å². The molecule has 1 aliphatic heterocycles. The number of carbonyl (C=O) groups excluding carboxylic acids is 2. The van der Waals surface area contributed by atoms with Gasteiger partial charge < -0.3 is 18.9 Å². The highest BCUT2D eigenvalue weighted by Crippen LogP contribution is 2.54. The largest absolute Gasteiger partial charge is 0.449 e. The van der Waals surface area contributed by atoms with Crippen molar-refractivity contribution >= 4 is 45.9 Å². The minimum atomic E-state index is -0.378. The van der Waals surface area contributed by atoms with Crippen LogP contribution >= 0.6 is 23.2 Å². The Kier molecular flexibility index (Phi) is 9.51. The van der Waals surface area contributed by atoms with Gasteiger partial charge in [0.25, 0.3) is 0 Å². The minimum absolute atomic E-state index is 0.0881. The molecular weight excluding hydrogens is 467 g/mol. The molecule has 0 unspecified atom stereocenters. The summed E-state index contributed by atoms with van der Waals surface area (Å²) < 4.78 is 22.7. The Bertz CT molecular complexity index is 926. The van der Waals surface area contributed by atoms with Crippen molar-refractivity contribution in [1.82, 2.24) is 0 Å². The lowest BCUT2D eigenvalue weighted by molar-refractivity contribution is -0.135. The second kappa shape index (κ2) is 12.3. The standard InChI is InChI=1S/C25H30Cl2O6/c1-3-5-7-9-11-20(28)32-22-16-13-18(26)19(27)14-17(16)23(25-24(22)30-15-31-25)33-21(29)12-10-8-6-4-2/h13-14H,3-12,15H2,1-2H3. The number of carbonyl (C=O) groups is 2. The third kappa shape index (κ3) is 6.45. The van der Waals surface area contributed by atoms with E-state index >= 15 is 0 Å². The highest BCUT2D eigenvalue weighted by atomic mass is 35.5. The predicted molar refractivity (Wildman–Crippen MR) is 129 cm³/mol. The molecule has 6 nitrogen and oxygen atoms in total. The van der Waals surface area contributed by atoms with E-state index in [0.717, 1.165) is 51.4 Å². The molecule has 0 bridgehead atoms. The van der Waals surface area contributed by atoms with Crippen molar-refractivity contribution in [2.45, 2.75) is 78.1 Å². The molecule has 33 heavy (non-hydrogen) atoms. The van der Waals surface area contributed by atoms with Crippen molar-refractivity contribution in [1.29, 1.82) is 0 Å². The molecule has 0 atom stereocenters. The quantitative estimate of drug-likeness (QED) is 0.171. The van der Waals surface area contributed by atoms with E-state index < -0.39 is 0 Å². The number of esters is 2. The minimum Gasteiger partial charge on any atom is -0.449 e.